The lowest BCUT2D eigenvalue weighted by atomic mass is 10.1. The number of Topliss-reactive ketones (excluding diaryl/α,β-unsaturated/α-hetero) is 1. The number of nitrogens with one attached hydrogen (secondary N) is 1. The van der Waals surface area contributed by atoms with Gasteiger partial charge in [0.25, 0.3) is 5.56 Å². The van der Waals surface area contributed by atoms with Crippen LogP contribution >= 0.6 is 0 Å². The Morgan fingerprint density at radius 3 is 2.90 bits per heavy atom. The van der Waals surface area contributed by atoms with Crippen molar-refractivity contribution in [1.82, 2.24) is 14.5 Å². The van der Waals surface area contributed by atoms with E-state index in [2.05, 4.69) is 9.97 Å². The summed E-state index contributed by atoms with van der Waals surface area (Å²) in [6.45, 7) is 1.86. The fourth-order valence-corrected chi connectivity index (χ4v) is 1.89. The number of rotatable bonds is 5. The van der Waals surface area contributed by atoms with Gasteiger partial charge in [0.15, 0.2) is 5.78 Å². The summed E-state index contributed by atoms with van der Waals surface area (Å²) >= 11 is 0. The highest BCUT2D eigenvalue weighted by Crippen LogP contribution is 2.03. The number of aryl methyl sites for hydroxylation is 1. The minimum absolute atomic E-state index is 0.0461. The summed E-state index contributed by atoms with van der Waals surface area (Å²) in [5.41, 5.74) is 0.248. The van der Waals surface area contributed by atoms with E-state index >= 15 is 0 Å². The zero-order valence-corrected chi connectivity index (χ0v) is 11.1. The molecule has 0 radical (unpaired) electrons. The first-order valence-electron chi connectivity index (χ1n) is 6.32. The van der Waals surface area contributed by atoms with Crippen molar-refractivity contribution in [3.05, 3.63) is 62.7 Å². The maximum Gasteiger partial charge on any atom is 0.328 e. The molecule has 0 saturated heterocycles. The molecule has 0 amide bonds. The molecule has 0 fully saturated rings. The largest absolute Gasteiger partial charge is 0.328 e. The van der Waals surface area contributed by atoms with Crippen LogP contribution in [0.1, 0.15) is 28.8 Å². The van der Waals surface area contributed by atoms with Crippen LogP contribution in [0.3, 0.4) is 0 Å². The molecule has 2 rings (SSSR count). The quantitative estimate of drug-likeness (QED) is 0.820. The predicted octanol–water partition coefficient (Wildman–Crippen LogP) is 0.903. The Bertz CT molecular complexity index is 716. The standard InChI is InChI=1S/C14H15N3O3/c1-10-8-16-14(20)17(13(10)19)7-3-5-12(18)11-4-2-6-15-9-11/h2,4,6,8-9H,3,5,7H2,1H3,(H,16,20). The van der Waals surface area contributed by atoms with E-state index in [1.807, 2.05) is 0 Å². The molecule has 0 bridgehead atoms. The van der Waals surface area contributed by atoms with Crippen molar-refractivity contribution >= 4 is 5.78 Å². The molecule has 20 heavy (non-hydrogen) atoms. The molecule has 1 N–H and O–H groups in total. The molecule has 0 aliphatic heterocycles. The van der Waals surface area contributed by atoms with Crippen LogP contribution in [0.2, 0.25) is 0 Å². The molecular formula is C14H15N3O3. The smallest absolute Gasteiger partial charge is 0.314 e. The van der Waals surface area contributed by atoms with Crippen molar-refractivity contribution in [3.63, 3.8) is 0 Å². The van der Waals surface area contributed by atoms with Crippen molar-refractivity contribution in [3.8, 4) is 0 Å². The number of nitrogens with zero attached hydrogens (tertiary/aromatic N) is 2. The van der Waals surface area contributed by atoms with Crippen molar-refractivity contribution in [2.75, 3.05) is 0 Å². The maximum absolute atomic E-state index is 11.9. The van der Waals surface area contributed by atoms with Gasteiger partial charge in [-0.3, -0.25) is 19.1 Å². The van der Waals surface area contributed by atoms with E-state index in [4.69, 9.17) is 0 Å². The van der Waals surface area contributed by atoms with Crippen molar-refractivity contribution in [2.24, 2.45) is 0 Å². The zero-order valence-electron chi connectivity index (χ0n) is 11.1. The summed E-state index contributed by atoms with van der Waals surface area (Å²) in [6.07, 6.45) is 5.20. The minimum Gasteiger partial charge on any atom is -0.314 e. The van der Waals surface area contributed by atoms with Crippen LogP contribution in [-0.2, 0) is 6.54 Å². The molecule has 0 aromatic carbocycles. The fourth-order valence-electron chi connectivity index (χ4n) is 1.89. The molecule has 0 atom stereocenters. The highest BCUT2D eigenvalue weighted by atomic mass is 16.2. The Kier molecular flexibility index (Phi) is 4.24. The number of carbonyl (C=O) groups is 1. The Morgan fingerprint density at radius 2 is 2.20 bits per heavy atom. The number of aromatic amines is 1. The number of hydrogen-bond donors (Lipinski definition) is 1. The second kappa shape index (κ2) is 6.10. The molecule has 0 aliphatic carbocycles. The number of carbonyl (C=O) groups excluding carboxylic acids is 1. The number of ketones is 1. The Morgan fingerprint density at radius 1 is 1.40 bits per heavy atom. The van der Waals surface area contributed by atoms with Gasteiger partial charge in [-0.25, -0.2) is 4.79 Å². The average molecular weight is 273 g/mol. The van der Waals surface area contributed by atoms with Crippen LogP contribution in [0, 0.1) is 6.92 Å². The van der Waals surface area contributed by atoms with Gasteiger partial charge in [0.1, 0.15) is 0 Å². The minimum atomic E-state index is -0.450. The molecule has 0 spiro atoms. The lowest BCUT2D eigenvalue weighted by Gasteiger charge is -2.05. The van der Waals surface area contributed by atoms with E-state index in [1.54, 1.807) is 25.3 Å². The van der Waals surface area contributed by atoms with Gasteiger partial charge in [0.2, 0.25) is 0 Å². The molecule has 104 valence electrons. The first-order valence-corrected chi connectivity index (χ1v) is 6.32. The second-order valence-corrected chi connectivity index (χ2v) is 4.50. The van der Waals surface area contributed by atoms with Gasteiger partial charge in [-0.2, -0.15) is 0 Å². The monoisotopic (exact) mass is 273 g/mol. The first-order chi connectivity index (χ1) is 9.59. The Balaban J connectivity index is 2.01. The molecule has 6 nitrogen and oxygen atoms in total. The summed E-state index contributed by atoms with van der Waals surface area (Å²) in [5, 5.41) is 0. The van der Waals surface area contributed by atoms with E-state index in [9.17, 15) is 14.4 Å². The van der Waals surface area contributed by atoms with Crippen LogP contribution in [0.5, 0.6) is 0 Å². The second-order valence-electron chi connectivity index (χ2n) is 4.50. The zero-order chi connectivity index (χ0) is 14.5. The molecule has 2 aromatic rings. The van der Waals surface area contributed by atoms with Gasteiger partial charge in [-0.15, -0.1) is 0 Å². The first kappa shape index (κ1) is 13.9. The van der Waals surface area contributed by atoms with Gasteiger partial charge >= 0.3 is 5.69 Å². The van der Waals surface area contributed by atoms with E-state index in [-0.39, 0.29) is 24.3 Å². The predicted molar refractivity (Wildman–Crippen MR) is 73.9 cm³/mol. The van der Waals surface area contributed by atoms with Crippen LogP contribution in [0.25, 0.3) is 0 Å². The number of pyridine rings is 1. The topological polar surface area (TPSA) is 84.8 Å². The van der Waals surface area contributed by atoms with E-state index in [0.717, 1.165) is 4.57 Å². The van der Waals surface area contributed by atoms with Gasteiger partial charge in [0, 0.05) is 42.7 Å². The van der Waals surface area contributed by atoms with Crippen molar-refractivity contribution in [1.29, 1.82) is 0 Å². The third-order valence-electron chi connectivity index (χ3n) is 3.01. The van der Waals surface area contributed by atoms with Gasteiger partial charge in [0.05, 0.1) is 0 Å². The number of hydrogen-bond acceptors (Lipinski definition) is 4. The number of H-pyrrole nitrogens is 1. The van der Waals surface area contributed by atoms with Crippen molar-refractivity contribution in [2.45, 2.75) is 26.3 Å². The van der Waals surface area contributed by atoms with Crippen LogP contribution in [0.4, 0.5) is 0 Å². The molecule has 0 unspecified atom stereocenters. The highest BCUT2D eigenvalue weighted by Gasteiger charge is 2.08. The average Bonchev–Trinajstić information content (AvgIpc) is 2.47. The molecule has 2 aromatic heterocycles. The molecule has 2 heterocycles. The molecule has 0 saturated carbocycles. The maximum atomic E-state index is 11.9. The van der Waals surface area contributed by atoms with Gasteiger partial charge < -0.3 is 4.98 Å². The van der Waals surface area contributed by atoms with E-state index in [1.165, 1.54) is 12.4 Å². The van der Waals surface area contributed by atoms with E-state index in [0.29, 0.717) is 17.5 Å². The molecular weight excluding hydrogens is 258 g/mol. The van der Waals surface area contributed by atoms with Crippen LogP contribution < -0.4 is 11.2 Å². The summed E-state index contributed by atoms with van der Waals surface area (Å²) in [4.78, 5) is 41.6. The summed E-state index contributed by atoms with van der Waals surface area (Å²) in [6, 6.07) is 3.39. The SMILES string of the molecule is Cc1c[nH]c(=O)n(CCCC(=O)c2cccnc2)c1=O. The third kappa shape index (κ3) is 3.09. The third-order valence-corrected chi connectivity index (χ3v) is 3.01. The van der Waals surface area contributed by atoms with Gasteiger partial charge in [-0.1, -0.05) is 0 Å². The lowest BCUT2D eigenvalue weighted by molar-refractivity contribution is 0.0978. The Hall–Kier alpha value is -2.50. The van der Waals surface area contributed by atoms with Crippen LogP contribution in [0.15, 0.2) is 40.3 Å². The number of aromatic nitrogens is 3. The molecule has 6 heteroatoms. The summed E-state index contributed by atoms with van der Waals surface area (Å²) in [7, 11) is 0. The highest BCUT2D eigenvalue weighted by molar-refractivity contribution is 5.95. The van der Waals surface area contributed by atoms with E-state index < -0.39 is 5.69 Å². The normalized spacial score (nSPS) is 10.4. The fraction of sp³-hybridized carbons (Fsp3) is 0.286. The summed E-state index contributed by atoms with van der Waals surface area (Å²) < 4.78 is 1.12. The lowest BCUT2D eigenvalue weighted by Crippen LogP contribution is -2.36. The van der Waals surface area contributed by atoms with Crippen LogP contribution in [-0.4, -0.2) is 20.3 Å². The summed E-state index contributed by atoms with van der Waals surface area (Å²) in [5.74, 6) is -0.0461. The Labute approximate surface area is 115 Å². The molecule has 0 aliphatic rings. The van der Waals surface area contributed by atoms with Crippen molar-refractivity contribution < 1.29 is 4.79 Å². The van der Waals surface area contributed by atoms with Gasteiger partial charge in [-0.05, 0) is 25.5 Å².